The minimum atomic E-state index is -4.54. The Morgan fingerprint density at radius 1 is 1.00 bits per heavy atom. The number of amides is 3. The number of alkyl halides is 3. The van der Waals surface area contributed by atoms with E-state index in [4.69, 9.17) is 16.0 Å². The number of carbonyl (C=O) groups is 3. The molecule has 0 bridgehead atoms. The number of fused-ring (bicyclic) bond motifs is 1. The fourth-order valence-corrected chi connectivity index (χ4v) is 7.72. The van der Waals surface area contributed by atoms with Gasteiger partial charge in [0.2, 0.25) is 11.8 Å². The molecule has 49 heavy (non-hydrogen) atoms. The topological polar surface area (TPSA) is 109 Å². The molecular weight excluding hydrogens is 679 g/mol. The Kier molecular flexibility index (Phi) is 11.1. The molecule has 3 amide bonds. The number of thioether (sulfide) groups is 1. The Labute approximate surface area is 292 Å². The van der Waals surface area contributed by atoms with Crippen LogP contribution in [0.3, 0.4) is 0 Å². The van der Waals surface area contributed by atoms with Crippen LogP contribution in [0, 0.1) is 11.3 Å². The molecule has 0 spiro atoms. The van der Waals surface area contributed by atoms with Gasteiger partial charge >= 0.3 is 5.51 Å². The highest BCUT2D eigenvalue weighted by Crippen LogP contribution is 2.46. The third-order valence-corrected chi connectivity index (χ3v) is 10.4. The molecule has 1 aromatic heterocycles. The van der Waals surface area contributed by atoms with E-state index in [1.165, 1.54) is 6.07 Å². The van der Waals surface area contributed by atoms with E-state index in [1.807, 2.05) is 20.8 Å². The molecule has 3 aromatic rings. The van der Waals surface area contributed by atoms with Gasteiger partial charge in [0, 0.05) is 41.0 Å². The van der Waals surface area contributed by atoms with Gasteiger partial charge in [0.15, 0.2) is 11.2 Å². The van der Waals surface area contributed by atoms with E-state index in [1.54, 1.807) is 29.2 Å². The number of rotatable bonds is 8. The van der Waals surface area contributed by atoms with Gasteiger partial charge in [-0.2, -0.15) is 13.2 Å². The second-order valence-corrected chi connectivity index (χ2v) is 15.6. The van der Waals surface area contributed by atoms with Crippen LogP contribution in [0.5, 0.6) is 0 Å². The maximum Gasteiger partial charge on any atom is 0.446 e. The molecule has 1 saturated carbocycles. The summed E-state index contributed by atoms with van der Waals surface area (Å²) in [4.78, 5) is 55.9. The van der Waals surface area contributed by atoms with E-state index >= 15 is 0 Å². The van der Waals surface area contributed by atoms with Gasteiger partial charge in [0.1, 0.15) is 11.6 Å². The summed E-state index contributed by atoms with van der Waals surface area (Å²) < 4.78 is 44.3. The van der Waals surface area contributed by atoms with E-state index < -0.39 is 33.8 Å². The van der Waals surface area contributed by atoms with Crippen molar-refractivity contribution in [3.05, 3.63) is 75.1 Å². The largest absolute Gasteiger partial charge is 0.451 e. The molecule has 0 radical (unpaired) electrons. The lowest BCUT2D eigenvalue weighted by Gasteiger charge is -2.48. The SMILES string of the molecule is CC(C)(C)NC(=O)C1(C2CCCCC2)CCN(C(=O)[C@@H](Cc2ccc(Cl)cc2)NC(=O)c2cc(=O)c3cc(SC(F)(F)F)ccc3o2)CC1. The summed E-state index contributed by atoms with van der Waals surface area (Å²) in [6, 6.07) is 10.2. The van der Waals surface area contributed by atoms with Gasteiger partial charge in [-0.05, 0) is 100 Å². The highest BCUT2D eigenvalue weighted by molar-refractivity contribution is 8.00. The highest BCUT2D eigenvalue weighted by atomic mass is 35.5. The average molecular weight is 720 g/mol. The Bertz CT molecular complexity index is 1740. The van der Waals surface area contributed by atoms with Gasteiger partial charge in [0.25, 0.3) is 5.91 Å². The molecule has 2 N–H and O–H groups in total. The maximum atomic E-state index is 14.2. The molecule has 8 nitrogen and oxygen atoms in total. The van der Waals surface area contributed by atoms with Gasteiger partial charge in [0.05, 0.1) is 10.8 Å². The third kappa shape index (κ3) is 9.19. The van der Waals surface area contributed by atoms with Crippen LogP contribution < -0.4 is 16.1 Å². The van der Waals surface area contributed by atoms with Crippen LogP contribution in [0.1, 0.15) is 81.8 Å². The zero-order valence-electron chi connectivity index (χ0n) is 27.8. The van der Waals surface area contributed by atoms with Crippen molar-refractivity contribution in [1.82, 2.24) is 15.5 Å². The van der Waals surface area contributed by atoms with E-state index in [2.05, 4.69) is 10.6 Å². The van der Waals surface area contributed by atoms with Crippen molar-refractivity contribution in [3.8, 4) is 0 Å². The van der Waals surface area contributed by atoms with Crippen molar-refractivity contribution in [2.45, 2.75) is 94.1 Å². The Balaban J connectivity index is 1.37. The van der Waals surface area contributed by atoms with E-state index in [-0.39, 0.29) is 57.5 Å². The van der Waals surface area contributed by atoms with Gasteiger partial charge < -0.3 is 20.0 Å². The molecule has 1 atom stereocenters. The third-order valence-electron chi connectivity index (χ3n) is 9.41. The van der Waals surface area contributed by atoms with Crippen molar-refractivity contribution in [2.75, 3.05) is 13.1 Å². The van der Waals surface area contributed by atoms with Crippen molar-refractivity contribution >= 4 is 52.1 Å². The number of likely N-dealkylation sites (tertiary alicyclic amines) is 1. The highest BCUT2D eigenvalue weighted by Gasteiger charge is 2.49. The molecule has 13 heteroatoms. The lowest BCUT2D eigenvalue weighted by Crippen LogP contribution is -2.59. The quantitative estimate of drug-likeness (QED) is 0.234. The number of carbonyl (C=O) groups excluding carboxylic acids is 3. The van der Waals surface area contributed by atoms with Crippen LogP contribution in [0.25, 0.3) is 11.0 Å². The van der Waals surface area contributed by atoms with Crippen molar-refractivity contribution in [3.63, 3.8) is 0 Å². The first-order valence-electron chi connectivity index (χ1n) is 16.5. The molecule has 1 aliphatic carbocycles. The van der Waals surface area contributed by atoms with Gasteiger partial charge in [-0.3, -0.25) is 19.2 Å². The number of nitrogens with one attached hydrogen (secondary N) is 2. The van der Waals surface area contributed by atoms with Crippen LogP contribution >= 0.6 is 23.4 Å². The van der Waals surface area contributed by atoms with E-state index in [9.17, 15) is 32.3 Å². The second kappa shape index (κ2) is 14.8. The number of hydrogen-bond acceptors (Lipinski definition) is 6. The summed E-state index contributed by atoms with van der Waals surface area (Å²) in [6.45, 7) is 6.56. The average Bonchev–Trinajstić information content (AvgIpc) is 3.04. The normalized spacial score (nSPS) is 17.8. The number of hydrogen-bond donors (Lipinski definition) is 2. The standard InChI is InChI=1S/C36H41ClF3N3O5S/c1-34(2,3)42-33(47)35(23-7-5-4-6-8-23)15-17-43(18-16-35)32(46)27(19-22-9-11-24(37)12-10-22)41-31(45)30-21-28(44)26-20-25(49-36(38,39)40)13-14-29(26)48-30/h9-14,20-21,23,27H,4-8,15-19H2,1-3H3,(H,41,45)(H,42,47)/t27-/m1/s1. The fourth-order valence-electron chi connectivity index (χ4n) is 7.02. The number of halogens is 4. The predicted octanol–water partition coefficient (Wildman–Crippen LogP) is 7.50. The van der Waals surface area contributed by atoms with Crippen LogP contribution in [0.15, 0.2) is 62.6 Å². The van der Waals surface area contributed by atoms with Crippen molar-refractivity contribution in [2.24, 2.45) is 11.3 Å². The molecule has 0 unspecified atom stereocenters. The Hall–Kier alpha value is -3.51. The summed E-state index contributed by atoms with van der Waals surface area (Å²) in [7, 11) is 0. The number of piperidine rings is 1. The first-order chi connectivity index (χ1) is 23.0. The Morgan fingerprint density at radius 2 is 1.65 bits per heavy atom. The first-order valence-corrected chi connectivity index (χ1v) is 17.7. The van der Waals surface area contributed by atoms with Crippen LogP contribution in [-0.4, -0.2) is 52.8 Å². The molecule has 2 heterocycles. The zero-order chi connectivity index (χ0) is 35.6. The molecule has 5 rings (SSSR count). The van der Waals surface area contributed by atoms with Gasteiger partial charge in [-0.15, -0.1) is 0 Å². The number of benzene rings is 2. The minimum absolute atomic E-state index is 0.0282. The molecule has 2 aromatic carbocycles. The summed E-state index contributed by atoms with van der Waals surface area (Å²) >= 11 is 5.72. The molecule has 1 saturated heterocycles. The first kappa shape index (κ1) is 36.8. The molecule has 1 aliphatic heterocycles. The molecule has 2 aliphatic rings. The monoisotopic (exact) mass is 719 g/mol. The van der Waals surface area contributed by atoms with Crippen molar-refractivity contribution in [1.29, 1.82) is 0 Å². The Morgan fingerprint density at radius 3 is 2.27 bits per heavy atom. The second-order valence-electron chi connectivity index (χ2n) is 14.1. The van der Waals surface area contributed by atoms with Gasteiger partial charge in [-0.25, -0.2) is 0 Å². The summed E-state index contributed by atoms with van der Waals surface area (Å²) in [6.07, 6.45) is 6.37. The molecular formula is C36H41ClF3N3O5S. The lowest BCUT2D eigenvalue weighted by atomic mass is 9.63. The summed E-state index contributed by atoms with van der Waals surface area (Å²) in [5.41, 5.74) is -5.55. The van der Waals surface area contributed by atoms with Crippen LogP contribution in [0.4, 0.5) is 13.2 Å². The van der Waals surface area contributed by atoms with Crippen LogP contribution in [0.2, 0.25) is 5.02 Å². The molecule has 2 fully saturated rings. The summed E-state index contributed by atoms with van der Waals surface area (Å²) in [5, 5.41) is 6.35. The lowest BCUT2D eigenvalue weighted by molar-refractivity contribution is -0.147. The summed E-state index contributed by atoms with van der Waals surface area (Å²) in [5.74, 6) is -1.28. The predicted molar refractivity (Wildman–Crippen MR) is 184 cm³/mol. The van der Waals surface area contributed by atoms with E-state index in [0.29, 0.717) is 31.0 Å². The maximum absolute atomic E-state index is 14.2. The van der Waals surface area contributed by atoms with Gasteiger partial charge in [-0.1, -0.05) is 43.0 Å². The minimum Gasteiger partial charge on any atom is -0.451 e. The van der Waals surface area contributed by atoms with Crippen molar-refractivity contribution < 1.29 is 32.0 Å². The van der Waals surface area contributed by atoms with E-state index in [0.717, 1.165) is 55.9 Å². The molecule has 264 valence electrons. The fraction of sp³-hybridized carbons (Fsp3) is 0.500. The van der Waals surface area contributed by atoms with Crippen LogP contribution in [-0.2, 0) is 16.0 Å². The number of nitrogens with zero attached hydrogens (tertiary/aromatic N) is 1. The smallest absolute Gasteiger partial charge is 0.446 e. The zero-order valence-corrected chi connectivity index (χ0v) is 29.3.